The van der Waals surface area contributed by atoms with Crippen molar-refractivity contribution in [2.75, 3.05) is 13.2 Å². The molecule has 1 fully saturated rings. The summed E-state index contributed by atoms with van der Waals surface area (Å²) < 4.78 is 11.0. The smallest absolute Gasteiger partial charge is 0.129 e. The van der Waals surface area contributed by atoms with E-state index in [4.69, 9.17) is 9.47 Å². The Balaban J connectivity index is 0.00000110. The summed E-state index contributed by atoms with van der Waals surface area (Å²) in [7, 11) is 0. The molecule has 0 amide bonds. The fraction of sp³-hybridized carbons (Fsp3) is 0.200. The Labute approximate surface area is 118 Å². The molecule has 1 N–H and O–H groups in total. The van der Waals surface area contributed by atoms with Crippen molar-refractivity contribution < 1.29 is 9.47 Å². The Bertz CT molecular complexity index is 718. The molecule has 1 saturated heterocycles. The van der Waals surface area contributed by atoms with Crippen molar-refractivity contribution in [2.45, 2.75) is 6.10 Å². The van der Waals surface area contributed by atoms with E-state index in [0.29, 0.717) is 6.61 Å². The lowest BCUT2D eigenvalue weighted by molar-refractivity contribution is 0.265. The summed E-state index contributed by atoms with van der Waals surface area (Å²) in [5.74, 6) is 0.931. The van der Waals surface area contributed by atoms with Gasteiger partial charge in [-0.15, -0.1) is 0 Å². The maximum Gasteiger partial charge on any atom is 0.129 e. The van der Waals surface area contributed by atoms with E-state index in [9.17, 15) is 0 Å². The van der Waals surface area contributed by atoms with Gasteiger partial charge < -0.3 is 14.5 Å². The number of benzene rings is 2. The van der Waals surface area contributed by atoms with Gasteiger partial charge in [-0.1, -0.05) is 24.3 Å². The molecule has 0 aliphatic carbocycles. The third kappa shape index (κ3) is 2.17. The minimum atomic E-state index is 0. The summed E-state index contributed by atoms with van der Waals surface area (Å²) in [6, 6.07) is 14.4. The number of H-pyrrole nitrogens is 1. The molecule has 0 saturated carbocycles. The van der Waals surface area contributed by atoms with Crippen LogP contribution in [0.4, 0.5) is 0 Å². The lowest BCUT2D eigenvalue weighted by Crippen LogP contribution is -2.04. The van der Waals surface area contributed by atoms with Crippen LogP contribution in [0.3, 0.4) is 0 Å². The average Bonchev–Trinajstić information content (AvgIpc) is 3.15. The molecule has 3 aromatic rings. The van der Waals surface area contributed by atoms with Crippen molar-refractivity contribution in [1.29, 1.82) is 0 Å². The van der Waals surface area contributed by atoms with Crippen LogP contribution in [-0.2, 0) is 4.74 Å². The van der Waals surface area contributed by atoms with E-state index in [0.717, 1.165) is 28.8 Å². The molecule has 98 valence electrons. The van der Waals surface area contributed by atoms with Gasteiger partial charge in [0.25, 0.3) is 0 Å². The molecule has 1 aliphatic rings. The van der Waals surface area contributed by atoms with Crippen molar-refractivity contribution in [1.82, 2.24) is 4.98 Å². The molecule has 19 heavy (non-hydrogen) atoms. The van der Waals surface area contributed by atoms with Crippen LogP contribution in [0.15, 0.2) is 42.5 Å². The Morgan fingerprint density at radius 3 is 2.74 bits per heavy atom. The van der Waals surface area contributed by atoms with Crippen LogP contribution in [0.5, 0.6) is 5.75 Å². The zero-order valence-corrected chi connectivity index (χ0v) is 11.3. The highest BCUT2D eigenvalue weighted by Crippen LogP contribution is 2.33. The van der Waals surface area contributed by atoms with Crippen molar-refractivity contribution in [3.8, 4) is 5.75 Å². The number of aromatic amines is 1. The van der Waals surface area contributed by atoms with Gasteiger partial charge in [-0.3, -0.25) is 0 Å². The van der Waals surface area contributed by atoms with E-state index in [1.165, 1.54) is 5.39 Å². The lowest BCUT2D eigenvalue weighted by Gasteiger charge is -2.05. The van der Waals surface area contributed by atoms with Crippen LogP contribution in [0.1, 0.15) is 0 Å². The van der Waals surface area contributed by atoms with Crippen LogP contribution >= 0.6 is 13.5 Å². The van der Waals surface area contributed by atoms with E-state index in [2.05, 4.69) is 29.2 Å². The van der Waals surface area contributed by atoms with Gasteiger partial charge in [-0.2, -0.15) is 13.5 Å². The zero-order valence-electron chi connectivity index (χ0n) is 10.3. The maximum absolute atomic E-state index is 5.86. The van der Waals surface area contributed by atoms with Crippen molar-refractivity contribution in [2.24, 2.45) is 0 Å². The fourth-order valence-electron chi connectivity index (χ4n) is 2.34. The van der Waals surface area contributed by atoms with Gasteiger partial charge in [0.2, 0.25) is 0 Å². The molecule has 2 heterocycles. The second-order valence-corrected chi connectivity index (χ2v) is 4.62. The largest absolute Gasteiger partial charge is 0.490 e. The van der Waals surface area contributed by atoms with Gasteiger partial charge in [0, 0.05) is 16.3 Å². The molecular formula is C15H15NO2S. The van der Waals surface area contributed by atoms with Crippen LogP contribution in [0, 0.1) is 0 Å². The quantitative estimate of drug-likeness (QED) is 0.744. The molecule has 0 spiro atoms. The normalized spacial score (nSPS) is 17.4. The Morgan fingerprint density at radius 2 is 1.89 bits per heavy atom. The number of rotatable bonds is 3. The number of hydrogen-bond acceptors (Lipinski definition) is 2. The molecule has 4 rings (SSSR count). The van der Waals surface area contributed by atoms with Crippen LogP contribution in [0.2, 0.25) is 0 Å². The molecule has 3 nitrogen and oxygen atoms in total. The van der Waals surface area contributed by atoms with Gasteiger partial charge in [-0.05, 0) is 18.2 Å². The molecule has 0 bridgehead atoms. The Morgan fingerprint density at radius 1 is 1.11 bits per heavy atom. The van der Waals surface area contributed by atoms with Gasteiger partial charge in [0.1, 0.15) is 18.5 Å². The van der Waals surface area contributed by atoms with Gasteiger partial charge in [0.05, 0.1) is 12.1 Å². The summed E-state index contributed by atoms with van der Waals surface area (Å²) in [5, 5.41) is 2.37. The van der Waals surface area contributed by atoms with E-state index in [-0.39, 0.29) is 19.6 Å². The fourth-order valence-corrected chi connectivity index (χ4v) is 2.34. The minimum absolute atomic E-state index is 0. The molecule has 0 radical (unpaired) electrons. The standard InChI is InChI=1S/C15H13NO2.H2S/c1-2-5-12-11(4-1)15-13(16-12)6-3-7-14(15)18-9-10-8-17-10;/h1-7,10,16H,8-9H2;1H2. The number of para-hydroxylation sites is 1. The molecular weight excluding hydrogens is 258 g/mol. The number of hydrogen-bond donors (Lipinski definition) is 1. The number of ether oxygens (including phenoxy) is 2. The summed E-state index contributed by atoms with van der Waals surface area (Å²) in [5.41, 5.74) is 2.26. The molecule has 1 atom stereocenters. The van der Waals surface area contributed by atoms with Gasteiger partial charge in [0.15, 0.2) is 0 Å². The van der Waals surface area contributed by atoms with Crippen LogP contribution < -0.4 is 4.74 Å². The highest BCUT2D eigenvalue weighted by atomic mass is 32.1. The Hall–Kier alpha value is -1.65. The van der Waals surface area contributed by atoms with Crippen LogP contribution in [-0.4, -0.2) is 24.3 Å². The lowest BCUT2D eigenvalue weighted by atomic mass is 10.1. The first-order chi connectivity index (χ1) is 8.92. The number of epoxide rings is 1. The molecule has 2 aromatic carbocycles. The first-order valence-electron chi connectivity index (χ1n) is 6.16. The minimum Gasteiger partial charge on any atom is -0.490 e. The van der Waals surface area contributed by atoms with Crippen LogP contribution in [0.25, 0.3) is 21.8 Å². The third-order valence-electron chi connectivity index (χ3n) is 3.32. The van der Waals surface area contributed by atoms with Gasteiger partial charge in [-0.25, -0.2) is 0 Å². The van der Waals surface area contributed by atoms with E-state index in [1.54, 1.807) is 0 Å². The SMILES string of the molecule is S.c1ccc2c(c1)[nH]c1cccc(OCC3CO3)c12. The Kier molecular flexibility index (Phi) is 3.12. The van der Waals surface area contributed by atoms with Gasteiger partial charge >= 0.3 is 0 Å². The summed E-state index contributed by atoms with van der Waals surface area (Å²) >= 11 is 0. The predicted molar refractivity (Wildman–Crippen MR) is 81.4 cm³/mol. The number of fused-ring (bicyclic) bond motifs is 3. The number of aromatic nitrogens is 1. The first-order valence-corrected chi connectivity index (χ1v) is 6.16. The van der Waals surface area contributed by atoms with E-state index >= 15 is 0 Å². The predicted octanol–water partition coefficient (Wildman–Crippen LogP) is 3.21. The highest BCUT2D eigenvalue weighted by molar-refractivity contribution is 7.59. The van der Waals surface area contributed by atoms with E-state index < -0.39 is 0 Å². The molecule has 1 unspecified atom stereocenters. The monoisotopic (exact) mass is 273 g/mol. The number of nitrogens with one attached hydrogen (secondary N) is 1. The van der Waals surface area contributed by atoms with E-state index in [1.807, 2.05) is 18.2 Å². The first kappa shape index (κ1) is 12.4. The second kappa shape index (κ2) is 4.79. The summed E-state index contributed by atoms with van der Waals surface area (Å²) in [4.78, 5) is 3.41. The highest BCUT2D eigenvalue weighted by Gasteiger charge is 2.23. The summed E-state index contributed by atoms with van der Waals surface area (Å²) in [6.45, 7) is 1.46. The third-order valence-corrected chi connectivity index (χ3v) is 3.32. The van der Waals surface area contributed by atoms with Crippen molar-refractivity contribution in [3.63, 3.8) is 0 Å². The van der Waals surface area contributed by atoms with Crippen molar-refractivity contribution in [3.05, 3.63) is 42.5 Å². The molecule has 4 heteroatoms. The van der Waals surface area contributed by atoms with Crippen molar-refractivity contribution >= 4 is 35.3 Å². The summed E-state index contributed by atoms with van der Waals surface area (Å²) in [6.07, 6.45) is 0.283. The molecule has 1 aliphatic heterocycles. The maximum atomic E-state index is 5.86. The average molecular weight is 273 g/mol. The second-order valence-electron chi connectivity index (χ2n) is 4.62. The molecule has 1 aromatic heterocycles. The topological polar surface area (TPSA) is 37.5 Å². The zero-order chi connectivity index (χ0) is 11.9.